The van der Waals surface area contributed by atoms with Gasteiger partial charge >= 0.3 is 0 Å². The lowest BCUT2D eigenvalue weighted by molar-refractivity contribution is 0.371. The van der Waals surface area contributed by atoms with Gasteiger partial charge in [0.25, 0.3) is 0 Å². The fourth-order valence-electron chi connectivity index (χ4n) is 3.12. The van der Waals surface area contributed by atoms with E-state index in [-0.39, 0.29) is 6.54 Å². The van der Waals surface area contributed by atoms with Crippen molar-refractivity contribution in [3.8, 4) is 11.5 Å². The average molecular weight is 363 g/mol. The molecule has 2 aromatic carbocycles. The molecule has 0 aliphatic carbocycles. The molecule has 0 bridgehead atoms. The monoisotopic (exact) mass is 363 g/mol. The van der Waals surface area contributed by atoms with E-state index >= 15 is 0 Å². The highest BCUT2D eigenvalue weighted by Crippen LogP contribution is 2.32. The predicted octanol–water partition coefficient (Wildman–Crippen LogP) is 3.45. The third-order valence-corrected chi connectivity index (χ3v) is 6.29. The lowest BCUT2D eigenvalue weighted by atomic mass is 10.1. The smallest absolute Gasteiger partial charge is 0.243 e. The summed E-state index contributed by atoms with van der Waals surface area (Å²) in [5.74, 6) is 1.19. The minimum atomic E-state index is -3.64. The lowest BCUT2D eigenvalue weighted by Crippen LogP contribution is -2.28. The van der Waals surface area contributed by atoms with Gasteiger partial charge in [-0.25, -0.2) is 8.42 Å². The van der Waals surface area contributed by atoms with Crippen LogP contribution in [0.2, 0.25) is 0 Å². The standard InChI is InChI=1S/C19H25NO4S/c1-13-10-14(2)19(15(3)11-13)25(21,22)20(4)12-16-17(23-5)8-7-9-18(16)24-6/h7-11H,12H2,1-6H3. The second kappa shape index (κ2) is 7.45. The van der Waals surface area contributed by atoms with Gasteiger partial charge in [-0.15, -0.1) is 0 Å². The molecule has 6 heteroatoms. The van der Waals surface area contributed by atoms with Crippen LogP contribution in [0.5, 0.6) is 11.5 Å². The summed E-state index contributed by atoms with van der Waals surface area (Å²) in [7, 11) is 1.04. The summed E-state index contributed by atoms with van der Waals surface area (Å²) >= 11 is 0. The lowest BCUT2D eigenvalue weighted by Gasteiger charge is -2.22. The topological polar surface area (TPSA) is 55.8 Å². The molecule has 2 aromatic rings. The van der Waals surface area contributed by atoms with Gasteiger partial charge in [-0.2, -0.15) is 4.31 Å². The van der Waals surface area contributed by atoms with E-state index in [4.69, 9.17) is 9.47 Å². The molecular weight excluding hydrogens is 338 g/mol. The van der Waals surface area contributed by atoms with Gasteiger partial charge in [-0.1, -0.05) is 23.8 Å². The van der Waals surface area contributed by atoms with E-state index in [0.717, 1.165) is 16.7 Å². The van der Waals surface area contributed by atoms with Gasteiger partial charge in [-0.05, 0) is 44.0 Å². The van der Waals surface area contributed by atoms with Crippen LogP contribution in [0.4, 0.5) is 0 Å². The Labute approximate surface area is 150 Å². The number of ether oxygens (including phenoxy) is 2. The number of nitrogens with zero attached hydrogens (tertiary/aromatic N) is 1. The Balaban J connectivity index is 2.47. The van der Waals surface area contributed by atoms with E-state index < -0.39 is 10.0 Å². The van der Waals surface area contributed by atoms with E-state index in [0.29, 0.717) is 22.0 Å². The first-order chi connectivity index (χ1) is 11.7. The van der Waals surface area contributed by atoms with Crippen molar-refractivity contribution in [2.45, 2.75) is 32.2 Å². The molecule has 0 saturated heterocycles. The Hall–Kier alpha value is -2.05. The van der Waals surface area contributed by atoms with E-state index in [2.05, 4.69) is 0 Å². The van der Waals surface area contributed by atoms with Crippen molar-refractivity contribution in [3.05, 3.63) is 52.6 Å². The Morgan fingerprint density at radius 1 is 0.960 bits per heavy atom. The number of aryl methyl sites for hydroxylation is 3. The third-order valence-electron chi connectivity index (χ3n) is 4.18. The zero-order valence-corrected chi connectivity index (χ0v) is 16.4. The van der Waals surface area contributed by atoms with Gasteiger partial charge in [0.1, 0.15) is 11.5 Å². The molecule has 0 N–H and O–H groups in total. The summed E-state index contributed by atoms with van der Waals surface area (Å²) < 4.78 is 38.3. The van der Waals surface area contributed by atoms with Crippen LogP contribution in [-0.2, 0) is 16.6 Å². The molecule has 0 aromatic heterocycles. The molecule has 2 rings (SSSR count). The SMILES string of the molecule is COc1cccc(OC)c1CN(C)S(=O)(=O)c1c(C)cc(C)cc1C. The van der Waals surface area contributed by atoms with Crippen LogP contribution >= 0.6 is 0 Å². The highest BCUT2D eigenvalue weighted by Gasteiger charge is 2.27. The van der Waals surface area contributed by atoms with Gasteiger partial charge in [0.05, 0.1) is 24.7 Å². The fraction of sp³-hybridized carbons (Fsp3) is 0.368. The molecule has 5 nitrogen and oxygen atoms in total. The van der Waals surface area contributed by atoms with Gasteiger partial charge in [0, 0.05) is 13.6 Å². The van der Waals surface area contributed by atoms with E-state index in [1.165, 1.54) is 4.31 Å². The minimum Gasteiger partial charge on any atom is -0.496 e. The Morgan fingerprint density at radius 3 is 1.88 bits per heavy atom. The van der Waals surface area contributed by atoms with Crippen molar-refractivity contribution >= 4 is 10.0 Å². The Kier molecular flexibility index (Phi) is 5.75. The van der Waals surface area contributed by atoms with Crippen molar-refractivity contribution in [1.82, 2.24) is 4.31 Å². The fourth-order valence-corrected chi connectivity index (χ4v) is 4.66. The van der Waals surface area contributed by atoms with E-state index in [9.17, 15) is 8.42 Å². The molecule has 0 radical (unpaired) electrons. The molecule has 0 amide bonds. The van der Waals surface area contributed by atoms with Crippen LogP contribution in [-0.4, -0.2) is 34.0 Å². The second-order valence-electron chi connectivity index (χ2n) is 6.13. The third kappa shape index (κ3) is 3.80. The van der Waals surface area contributed by atoms with Crippen LogP contribution < -0.4 is 9.47 Å². The van der Waals surface area contributed by atoms with Crippen LogP contribution in [0.3, 0.4) is 0 Å². The van der Waals surface area contributed by atoms with Gasteiger partial charge in [0.15, 0.2) is 0 Å². The molecule has 0 aliphatic rings. The zero-order valence-electron chi connectivity index (χ0n) is 15.6. The summed E-state index contributed by atoms with van der Waals surface area (Å²) in [5.41, 5.74) is 3.23. The number of methoxy groups -OCH3 is 2. The molecule has 0 atom stereocenters. The first-order valence-electron chi connectivity index (χ1n) is 7.96. The zero-order chi connectivity index (χ0) is 18.8. The minimum absolute atomic E-state index is 0.155. The molecule has 0 fully saturated rings. The molecule has 25 heavy (non-hydrogen) atoms. The number of benzene rings is 2. The molecule has 0 spiro atoms. The number of hydrogen-bond donors (Lipinski definition) is 0. The van der Waals surface area contributed by atoms with Crippen molar-refractivity contribution in [1.29, 1.82) is 0 Å². The molecule has 0 unspecified atom stereocenters. The maximum absolute atomic E-state index is 13.1. The molecule has 0 heterocycles. The van der Waals surface area contributed by atoms with Crippen LogP contribution in [0, 0.1) is 20.8 Å². The first-order valence-corrected chi connectivity index (χ1v) is 9.40. The van der Waals surface area contributed by atoms with Crippen LogP contribution in [0.1, 0.15) is 22.3 Å². The maximum Gasteiger partial charge on any atom is 0.243 e. The molecule has 0 aliphatic heterocycles. The van der Waals surface area contributed by atoms with Crippen molar-refractivity contribution in [2.24, 2.45) is 0 Å². The molecule has 136 valence electrons. The maximum atomic E-state index is 13.1. The summed E-state index contributed by atoms with van der Waals surface area (Å²) in [6, 6.07) is 9.17. The number of rotatable bonds is 6. The Morgan fingerprint density at radius 2 is 1.44 bits per heavy atom. The number of hydrogen-bond acceptors (Lipinski definition) is 4. The summed E-state index contributed by atoms with van der Waals surface area (Å²) in [6.45, 7) is 5.76. The van der Waals surface area contributed by atoms with Crippen molar-refractivity contribution < 1.29 is 17.9 Å². The summed E-state index contributed by atoms with van der Waals surface area (Å²) in [6.07, 6.45) is 0. The normalized spacial score (nSPS) is 11.6. The quantitative estimate of drug-likeness (QED) is 0.789. The average Bonchev–Trinajstić information content (AvgIpc) is 2.53. The molecule has 0 saturated carbocycles. The van der Waals surface area contributed by atoms with Crippen LogP contribution in [0.25, 0.3) is 0 Å². The predicted molar refractivity (Wildman–Crippen MR) is 98.9 cm³/mol. The second-order valence-corrected chi connectivity index (χ2v) is 8.11. The van der Waals surface area contributed by atoms with Gasteiger partial charge < -0.3 is 9.47 Å². The summed E-state index contributed by atoms with van der Waals surface area (Å²) in [5, 5.41) is 0. The van der Waals surface area contributed by atoms with Gasteiger partial charge in [-0.3, -0.25) is 0 Å². The summed E-state index contributed by atoms with van der Waals surface area (Å²) in [4.78, 5) is 0.356. The highest BCUT2D eigenvalue weighted by atomic mass is 32.2. The van der Waals surface area contributed by atoms with Crippen molar-refractivity contribution in [2.75, 3.05) is 21.3 Å². The molecular formula is C19H25NO4S. The Bertz CT molecular complexity index is 830. The van der Waals surface area contributed by atoms with Gasteiger partial charge in [0.2, 0.25) is 10.0 Å². The largest absolute Gasteiger partial charge is 0.496 e. The van der Waals surface area contributed by atoms with Crippen LogP contribution in [0.15, 0.2) is 35.2 Å². The van der Waals surface area contributed by atoms with E-state index in [1.54, 1.807) is 33.4 Å². The first kappa shape index (κ1) is 19.3. The highest BCUT2D eigenvalue weighted by molar-refractivity contribution is 7.89. The number of sulfonamides is 1. The van der Waals surface area contributed by atoms with Crippen molar-refractivity contribution in [3.63, 3.8) is 0 Å². The van der Waals surface area contributed by atoms with E-state index in [1.807, 2.05) is 39.0 Å².